The number of nitrogens with zero attached hydrogens (tertiary/aromatic N) is 2. The Labute approximate surface area is 269 Å². The molecule has 10 heteroatoms. The zero-order valence-electron chi connectivity index (χ0n) is 25.7. The Hall–Kier alpha value is -4.21. The minimum absolute atomic E-state index is 0.0584. The van der Waals surface area contributed by atoms with Gasteiger partial charge in [0.05, 0.1) is 10.6 Å². The van der Waals surface area contributed by atoms with Crippen molar-refractivity contribution in [2.24, 2.45) is 0 Å². The summed E-state index contributed by atoms with van der Waals surface area (Å²) in [6.45, 7) is 6.48. The molecule has 4 aromatic rings. The number of anilines is 1. The number of amides is 2. The maximum absolute atomic E-state index is 15.0. The lowest BCUT2D eigenvalue weighted by Crippen LogP contribution is -2.54. The summed E-state index contributed by atoms with van der Waals surface area (Å²) in [5, 5.41) is 3.25. The van der Waals surface area contributed by atoms with Crippen LogP contribution in [0.25, 0.3) is 0 Å². The SMILES string of the molecule is Cc1ccc(N(CC(=O)N(Cc2ccccc2F)C(Cc2ccccc2)C(=O)NC(C)C)S(=O)(=O)c2ccc(Cl)cc2)cc1C. The van der Waals surface area contributed by atoms with Crippen molar-refractivity contribution in [2.75, 3.05) is 10.8 Å². The molecule has 0 spiro atoms. The molecule has 1 atom stereocenters. The Balaban J connectivity index is 1.83. The maximum atomic E-state index is 15.0. The molecule has 0 aliphatic rings. The number of rotatable bonds is 12. The zero-order valence-corrected chi connectivity index (χ0v) is 27.3. The first-order valence-corrected chi connectivity index (χ1v) is 16.4. The van der Waals surface area contributed by atoms with Crippen LogP contribution in [0.2, 0.25) is 5.02 Å². The minimum Gasteiger partial charge on any atom is -0.352 e. The molecule has 0 heterocycles. The summed E-state index contributed by atoms with van der Waals surface area (Å²) in [6, 6.07) is 24.7. The Morgan fingerprint density at radius 2 is 1.51 bits per heavy atom. The molecule has 1 unspecified atom stereocenters. The molecule has 7 nitrogen and oxygen atoms in total. The second-order valence-corrected chi connectivity index (χ2v) is 13.5. The first-order chi connectivity index (χ1) is 21.4. The van der Waals surface area contributed by atoms with E-state index in [-0.39, 0.29) is 35.2 Å². The van der Waals surface area contributed by atoms with Gasteiger partial charge in [-0.3, -0.25) is 13.9 Å². The fourth-order valence-electron chi connectivity index (χ4n) is 4.89. The Kier molecular flexibility index (Phi) is 11.0. The molecule has 236 valence electrons. The lowest BCUT2D eigenvalue weighted by molar-refractivity contribution is -0.140. The van der Waals surface area contributed by atoms with Crippen LogP contribution in [0.3, 0.4) is 0 Å². The molecule has 0 bridgehead atoms. The first kappa shape index (κ1) is 33.7. The van der Waals surface area contributed by atoms with Crippen molar-refractivity contribution in [3.63, 3.8) is 0 Å². The van der Waals surface area contributed by atoms with E-state index in [9.17, 15) is 18.0 Å². The molecule has 4 aromatic carbocycles. The topological polar surface area (TPSA) is 86.8 Å². The molecule has 0 radical (unpaired) electrons. The van der Waals surface area contributed by atoms with Gasteiger partial charge in [0, 0.05) is 29.6 Å². The number of halogens is 2. The van der Waals surface area contributed by atoms with Crippen molar-refractivity contribution in [3.8, 4) is 0 Å². The number of hydrogen-bond donors (Lipinski definition) is 1. The van der Waals surface area contributed by atoms with Gasteiger partial charge in [0.1, 0.15) is 18.4 Å². The molecule has 0 aliphatic carbocycles. The highest BCUT2D eigenvalue weighted by molar-refractivity contribution is 7.92. The van der Waals surface area contributed by atoms with E-state index in [1.54, 1.807) is 44.2 Å². The van der Waals surface area contributed by atoms with E-state index in [0.29, 0.717) is 5.02 Å². The molecule has 0 aromatic heterocycles. The predicted molar refractivity (Wildman–Crippen MR) is 176 cm³/mol. The normalized spacial score (nSPS) is 12.1. The molecule has 0 fully saturated rings. The van der Waals surface area contributed by atoms with Crippen molar-refractivity contribution in [2.45, 2.75) is 57.6 Å². The van der Waals surface area contributed by atoms with Crippen molar-refractivity contribution in [1.82, 2.24) is 10.2 Å². The lowest BCUT2D eigenvalue weighted by atomic mass is 10.0. The van der Waals surface area contributed by atoms with E-state index in [2.05, 4.69) is 5.32 Å². The van der Waals surface area contributed by atoms with Crippen LogP contribution >= 0.6 is 11.6 Å². The van der Waals surface area contributed by atoms with Gasteiger partial charge in [0.25, 0.3) is 10.0 Å². The van der Waals surface area contributed by atoms with E-state index >= 15 is 4.39 Å². The van der Waals surface area contributed by atoms with Gasteiger partial charge in [-0.2, -0.15) is 0 Å². The molecule has 0 saturated heterocycles. The summed E-state index contributed by atoms with van der Waals surface area (Å²) < 4.78 is 44.3. The molecular weight excluding hydrogens is 613 g/mol. The van der Waals surface area contributed by atoms with Crippen LogP contribution in [0.4, 0.5) is 10.1 Å². The third-order valence-electron chi connectivity index (χ3n) is 7.46. The highest BCUT2D eigenvalue weighted by Crippen LogP contribution is 2.28. The van der Waals surface area contributed by atoms with Gasteiger partial charge in [-0.1, -0.05) is 66.2 Å². The summed E-state index contributed by atoms with van der Waals surface area (Å²) in [5.41, 5.74) is 3.03. The van der Waals surface area contributed by atoms with Crippen LogP contribution < -0.4 is 9.62 Å². The molecule has 45 heavy (non-hydrogen) atoms. The van der Waals surface area contributed by atoms with E-state index in [0.717, 1.165) is 21.0 Å². The largest absolute Gasteiger partial charge is 0.352 e. The third kappa shape index (κ3) is 8.49. The number of carbonyl (C=O) groups excluding carboxylic acids is 2. The zero-order chi connectivity index (χ0) is 32.7. The summed E-state index contributed by atoms with van der Waals surface area (Å²) in [4.78, 5) is 29.4. The quantitative estimate of drug-likeness (QED) is 0.191. The average Bonchev–Trinajstić information content (AvgIpc) is 3.00. The molecule has 2 amide bonds. The van der Waals surface area contributed by atoms with Crippen molar-refractivity contribution in [3.05, 3.63) is 130 Å². The predicted octanol–water partition coefficient (Wildman–Crippen LogP) is 6.46. The van der Waals surface area contributed by atoms with E-state index in [4.69, 9.17) is 11.6 Å². The summed E-state index contributed by atoms with van der Waals surface area (Å²) in [6.07, 6.45) is 0.132. The molecule has 0 saturated carbocycles. The summed E-state index contributed by atoms with van der Waals surface area (Å²) in [5.74, 6) is -1.65. The number of carbonyl (C=O) groups is 2. The van der Waals surface area contributed by atoms with Gasteiger partial charge in [0.15, 0.2) is 0 Å². The number of sulfonamides is 1. The van der Waals surface area contributed by atoms with Crippen molar-refractivity contribution in [1.29, 1.82) is 0 Å². The monoisotopic (exact) mass is 649 g/mol. The van der Waals surface area contributed by atoms with E-state index in [1.165, 1.54) is 41.3 Å². The van der Waals surface area contributed by atoms with Crippen LogP contribution in [0, 0.1) is 19.7 Å². The number of aryl methyl sites for hydroxylation is 2. The first-order valence-electron chi connectivity index (χ1n) is 14.6. The summed E-state index contributed by atoms with van der Waals surface area (Å²) >= 11 is 6.04. The summed E-state index contributed by atoms with van der Waals surface area (Å²) in [7, 11) is -4.28. The number of hydrogen-bond acceptors (Lipinski definition) is 4. The third-order valence-corrected chi connectivity index (χ3v) is 9.50. The molecule has 1 N–H and O–H groups in total. The standard InChI is InChI=1S/C35H37ClFN3O4S/c1-24(2)38-35(42)33(21-27-10-6-5-7-11-27)39(22-28-12-8-9-13-32(28)37)34(41)23-40(30-17-14-25(3)26(4)20-30)45(43,44)31-18-15-29(36)16-19-31/h5-20,24,33H,21-23H2,1-4H3,(H,38,42). The Bertz CT molecular complexity index is 1750. The van der Waals surface area contributed by atoms with Gasteiger partial charge < -0.3 is 10.2 Å². The van der Waals surface area contributed by atoms with Gasteiger partial charge >= 0.3 is 0 Å². The fourth-order valence-corrected chi connectivity index (χ4v) is 6.42. The lowest BCUT2D eigenvalue weighted by Gasteiger charge is -2.34. The second kappa shape index (κ2) is 14.7. The Morgan fingerprint density at radius 3 is 2.13 bits per heavy atom. The molecular formula is C35H37ClFN3O4S. The van der Waals surface area contributed by atoms with Crippen LogP contribution in [-0.2, 0) is 32.6 Å². The minimum atomic E-state index is -4.28. The highest BCUT2D eigenvalue weighted by Gasteiger charge is 2.35. The molecule has 0 aliphatic heterocycles. The van der Waals surface area contributed by atoms with Gasteiger partial charge in [-0.15, -0.1) is 0 Å². The van der Waals surface area contributed by atoms with Gasteiger partial charge in [0.2, 0.25) is 11.8 Å². The van der Waals surface area contributed by atoms with Crippen molar-refractivity contribution < 1.29 is 22.4 Å². The highest BCUT2D eigenvalue weighted by atomic mass is 35.5. The second-order valence-electron chi connectivity index (χ2n) is 11.2. The van der Waals surface area contributed by atoms with E-state index in [1.807, 2.05) is 44.2 Å². The Morgan fingerprint density at radius 1 is 0.867 bits per heavy atom. The van der Waals surface area contributed by atoms with Crippen LogP contribution in [-0.4, -0.2) is 43.8 Å². The number of nitrogens with one attached hydrogen (secondary N) is 1. The molecule has 4 rings (SSSR count). The fraction of sp³-hybridized carbons (Fsp3) is 0.257. The van der Waals surface area contributed by atoms with Crippen LogP contribution in [0.5, 0.6) is 0 Å². The van der Waals surface area contributed by atoms with Crippen LogP contribution in [0.1, 0.15) is 36.1 Å². The van der Waals surface area contributed by atoms with Gasteiger partial charge in [-0.25, -0.2) is 12.8 Å². The maximum Gasteiger partial charge on any atom is 0.264 e. The van der Waals surface area contributed by atoms with Crippen molar-refractivity contribution >= 4 is 39.1 Å². The smallest absolute Gasteiger partial charge is 0.264 e. The average molecular weight is 650 g/mol. The van der Waals surface area contributed by atoms with E-state index < -0.39 is 40.2 Å². The van der Waals surface area contributed by atoms with Crippen LogP contribution in [0.15, 0.2) is 102 Å². The van der Waals surface area contributed by atoms with Gasteiger partial charge in [-0.05, 0) is 86.8 Å². The number of benzene rings is 4.